The predicted molar refractivity (Wildman–Crippen MR) is 121 cm³/mol. The molecule has 0 spiro atoms. The van der Waals surface area contributed by atoms with Gasteiger partial charge in [0.25, 0.3) is 5.91 Å². The number of benzene rings is 3. The van der Waals surface area contributed by atoms with E-state index in [4.69, 9.17) is 11.6 Å². The number of hydrogen-bond donors (Lipinski definition) is 1. The fourth-order valence-corrected chi connectivity index (χ4v) is 4.25. The summed E-state index contributed by atoms with van der Waals surface area (Å²) in [5.74, 6) is -0.498. The first-order valence-corrected chi connectivity index (χ1v) is 11.1. The maximum atomic E-state index is 12.8. The van der Waals surface area contributed by atoms with Gasteiger partial charge in [-0.25, -0.2) is 17.7 Å². The Balaban J connectivity index is 1.58. The number of nitrogens with zero attached hydrogens (tertiary/aromatic N) is 3. The van der Waals surface area contributed by atoms with E-state index in [-0.39, 0.29) is 15.5 Å². The molecule has 0 aliphatic heterocycles. The molecule has 0 radical (unpaired) electrons. The zero-order valence-electron chi connectivity index (χ0n) is 16.8. The lowest BCUT2D eigenvalue weighted by Crippen LogP contribution is -2.23. The van der Waals surface area contributed by atoms with Crippen molar-refractivity contribution in [3.05, 3.63) is 83.6 Å². The van der Waals surface area contributed by atoms with Crippen LogP contribution in [0, 0.1) is 0 Å². The monoisotopic (exact) mass is 454 g/mol. The zero-order valence-corrected chi connectivity index (χ0v) is 18.4. The number of rotatable bonds is 5. The lowest BCUT2D eigenvalue weighted by molar-refractivity contribution is 0.102. The highest BCUT2D eigenvalue weighted by molar-refractivity contribution is 7.89. The van der Waals surface area contributed by atoms with Gasteiger partial charge in [0.05, 0.1) is 26.5 Å². The molecule has 0 unspecified atom stereocenters. The van der Waals surface area contributed by atoms with E-state index in [1.54, 1.807) is 18.5 Å². The number of aromatic nitrogens is 2. The third-order valence-corrected chi connectivity index (χ3v) is 6.96. The molecule has 0 aliphatic carbocycles. The Hall–Kier alpha value is -3.20. The third-order valence-electron chi connectivity index (χ3n) is 4.82. The summed E-state index contributed by atoms with van der Waals surface area (Å²) < 4.78 is 27.8. The Morgan fingerprint density at radius 1 is 1.03 bits per heavy atom. The second-order valence-corrected chi connectivity index (χ2v) is 9.59. The van der Waals surface area contributed by atoms with Crippen molar-refractivity contribution >= 4 is 44.3 Å². The van der Waals surface area contributed by atoms with E-state index in [1.807, 2.05) is 41.0 Å². The second kappa shape index (κ2) is 8.14. The van der Waals surface area contributed by atoms with Crippen LogP contribution in [0.1, 0.15) is 10.4 Å². The van der Waals surface area contributed by atoms with Gasteiger partial charge >= 0.3 is 0 Å². The first-order valence-electron chi connectivity index (χ1n) is 9.33. The van der Waals surface area contributed by atoms with E-state index >= 15 is 0 Å². The van der Waals surface area contributed by atoms with Gasteiger partial charge < -0.3 is 5.32 Å². The maximum absolute atomic E-state index is 12.8. The number of imidazole rings is 1. The van der Waals surface area contributed by atoms with Gasteiger partial charge in [-0.3, -0.25) is 9.36 Å². The van der Waals surface area contributed by atoms with Crippen LogP contribution in [0.25, 0.3) is 16.7 Å². The van der Waals surface area contributed by atoms with Crippen molar-refractivity contribution in [2.75, 3.05) is 19.4 Å². The summed E-state index contributed by atoms with van der Waals surface area (Å²) in [6, 6.07) is 19.1. The van der Waals surface area contributed by atoms with Gasteiger partial charge in [-0.15, -0.1) is 0 Å². The SMILES string of the molecule is CN(C)S(=O)(=O)c1ccc(Cl)c(C(=O)Nc2ccc(-n3cnc4ccccc43)cc2)c1. The van der Waals surface area contributed by atoms with Crippen LogP contribution in [0.5, 0.6) is 0 Å². The summed E-state index contributed by atoms with van der Waals surface area (Å²) in [5.41, 5.74) is 3.39. The third kappa shape index (κ3) is 4.05. The molecular weight excluding hydrogens is 436 g/mol. The van der Waals surface area contributed by atoms with Crippen LogP contribution >= 0.6 is 11.6 Å². The quantitative estimate of drug-likeness (QED) is 0.490. The fourth-order valence-electron chi connectivity index (χ4n) is 3.12. The number of fused-ring (bicyclic) bond motifs is 1. The number of carbonyl (C=O) groups is 1. The molecule has 0 atom stereocenters. The van der Waals surface area contributed by atoms with Crippen molar-refractivity contribution in [2.45, 2.75) is 4.90 Å². The van der Waals surface area contributed by atoms with Crippen molar-refractivity contribution in [3.63, 3.8) is 0 Å². The Morgan fingerprint density at radius 2 is 1.74 bits per heavy atom. The van der Waals surface area contributed by atoms with Crippen LogP contribution < -0.4 is 5.32 Å². The number of amides is 1. The Labute approximate surface area is 184 Å². The van der Waals surface area contributed by atoms with Crippen molar-refractivity contribution in [2.24, 2.45) is 0 Å². The first-order chi connectivity index (χ1) is 14.8. The van der Waals surface area contributed by atoms with Gasteiger partial charge in [-0.2, -0.15) is 0 Å². The topological polar surface area (TPSA) is 84.3 Å². The van der Waals surface area contributed by atoms with E-state index in [2.05, 4.69) is 10.3 Å². The van der Waals surface area contributed by atoms with E-state index in [0.29, 0.717) is 5.69 Å². The minimum Gasteiger partial charge on any atom is -0.322 e. The highest BCUT2D eigenvalue weighted by Crippen LogP contribution is 2.24. The molecule has 4 rings (SSSR count). The molecule has 1 heterocycles. The van der Waals surface area contributed by atoms with E-state index in [0.717, 1.165) is 21.0 Å². The Morgan fingerprint density at radius 3 is 2.45 bits per heavy atom. The van der Waals surface area contributed by atoms with Gasteiger partial charge in [-0.1, -0.05) is 23.7 Å². The number of para-hydroxylation sites is 2. The smallest absolute Gasteiger partial charge is 0.257 e. The minimum atomic E-state index is -3.69. The number of carbonyl (C=O) groups excluding carboxylic acids is 1. The molecule has 0 bridgehead atoms. The summed E-state index contributed by atoms with van der Waals surface area (Å²) in [6.07, 6.45) is 1.74. The standard InChI is InChI=1S/C22H19ClN4O3S/c1-26(2)31(29,30)17-11-12-19(23)18(13-17)22(28)25-15-7-9-16(10-8-15)27-14-24-20-5-3-4-6-21(20)27/h3-14H,1-2H3,(H,25,28). The molecular formula is C22H19ClN4O3S. The van der Waals surface area contributed by atoms with Crippen molar-refractivity contribution in [3.8, 4) is 5.69 Å². The maximum Gasteiger partial charge on any atom is 0.257 e. The average Bonchev–Trinajstić information content (AvgIpc) is 3.18. The van der Waals surface area contributed by atoms with Crippen LogP contribution in [0.2, 0.25) is 5.02 Å². The largest absolute Gasteiger partial charge is 0.322 e. The van der Waals surface area contributed by atoms with Crippen LogP contribution in [-0.2, 0) is 10.0 Å². The molecule has 1 N–H and O–H groups in total. The number of sulfonamides is 1. The summed E-state index contributed by atoms with van der Waals surface area (Å²) in [7, 11) is -0.835. The number of halogens is 1. The lowest BCUT2D eigenvalue weighted by atomic mass is 10.2. The highest BCUT2D eigenvalue weighted by Gasteiger charge is 2.21. The highest BCUT2D eigenvalue weighted by atomic mass is 35.5. The summed E-state index contributed by atoms with van der Waals surface area (Å²) in [6.45, 7) is 0. The van der Waals surface area contributed by atoms with Crippen molar-refractivity contribution in [1.29, 1.82) is 0 Å². The van der Waals surface area contributed by atoms with E-state index < -0.39 is 15.9 Å². The molecule has 1 aromatic heterocycles. The van der Waals surface area contributed by atoms with Gasteiger partial charge in [-0.05, 0) is 54.6 Å². The van der Waals surface area contributed by atoms with Crippen molar-refractivity contribution in [1.82, 2.24) is 13.9 Å². The fraction of sp³-hybridized carbons (Fsp3) is 0.0909. The molecule has 31 heavy (non-hydrogen) atoms. The first kappa shape index (κ1) is 21.0. The van der Waals surface area contributed by atoms with Gasteiger partial charge in [0, 0.05) is 25.5 Å². The lowest BCUT2D eigenvalue weighted by Gasteiger charge is -2.13. The number of anilines is 1. The zero-order chi connectivity index (χ0) is 22.2. The van der Waals surface area contributed by atoms with Crippen LogP contribution in [0.3, 0.4) is 0 Å². The number of nitrogens with one attached hydrogen (secondary N) is 1. The molecule has 0 aliphatic rings. The van der Waals surface area contributed by atoms with E-state index in [9.17, 15) is 13.2 Å². The van der Waals surface area contributed by atoms with Crippen LogP contribution in [0.15, 0.2) is 78.0 Å². The van der Waals surface area contributed by atoms with E-state index in [1.165, 1.54) is 32.3 Å². The average molecular weight is 455 g/mol. The second-order valence-electron chi connectivity index (χ2n) is 7.03. The summed E-state index contributed by atoms with van der Waals surface area (Å²) >= 11 is 6.16. The molecule has 3 aromatic carbocycles. The Kier molecular flexibility index (Phi) is 5.53. The normalized spacial score (nSPS) is 11.7. The molecule has 0 saturated carbocycles. The Bertz CT molecular complexity index is 1380. The molecule has 4 aromatic rings. The molecule has 0 saturated heterocycles. The molecule has 0 fully saturated rings. The summed E-state index contributed by atoms with van der Waals surface area (Å²) in [5, 5.41) is 2.92. The molecule has 9 heteroatoms. The minimum absolute atomic E-state index is 0.00520. The molecule has 7 nitrogen and oxygen atoms in total. The van der Waals surface area contributed by atoms with Gasteiger partial charge in [0.15, 0.2) is 0 Å². The molecule has 158 valence electrons. The number of hydrogen-bond acceptors (Lipinski definition) is 4. The summed E-state index contributed by atoms with van der Waals surface area (Å²) in [4.78, 5) is 17.1. The van der Waals surface area contributed by atoms with Gasteiger partial charge in [0.2, 0.25) is 10.0 Å². The van der Waals surface area contributed by atoms with Crippen LogP contribution in [0.4, 0.5) is 5.69 Å². The van der Waals surface area contributed by atoms with Crippen LogP contribution in [-0.4, -0.2) is 42.3 Å². The predicted octanol–water partition coefficient (Wildman–Crippen LogP) is 4.18. The van der Waals surface area contributed by atoms with Crippen molar-refractivity contribution < 1.29 is 13.2 Å². The molecule has 1 amide bonds. The van der Waals surface area contributed by atoms with Gasteiger partial charge in [0.1, 0.15) is 6.33 Å².